The average Bonchev–Trinajstić information content (AvgIpc) is 3.76. The standard InChI is InChI=1S/C50H48N4O7/c1-30(2)45(55)15-9-10-16-59-38-19-32(28-60-46-24-41-39(17-31(46)3)49(56)53-36(26-51-41)21-34-11-5-7-13-43(34)53)18-33(20-38)29-61-48-25-42-40(23-47(48)58-4)50(57)54-37(27-52-42)22-35-12-6-8-14-44(35)54/h5-8,11-14,17-20,23-27,30,36-37H,9-10,15-16,21-22,28-29H2,1-4H3/t36-,37-/m0/s1. The Balaban J connectivity index is 0.941. The van der Waals surface area contributed by atoms with E-state index in [-0.39, 0.29) is 48.8 Å². The first kappa shape index (κ1) is 39.7. The zero-order chi connectivity index (χ0) is 42.2. The number of ether oxygens (including phenoxy) is 4. The summed E-state index contributed by atoms with van der Waals surface area (Å²) >= 11 is 0. The number of aliphatic imine (C=N–C) groups is 2. The van der Waals surface area contributed by atoms with Crippen molar-refractivity contribution in [2.24, 2.45) is 15.9 Å². The largest absolute Gasteiger partial charge is 0.494 e. The lowest BCUT2D eigenvalue weighted by Crippen LogP contribution is -2.37. The predicted octanol–water partition coefficient (Wildman–Crippen LogP) is 9.51. The first-order valence-electron chi connectivity index (χ1n) is 21.0. The zero-order valence-corrected chi connectivity index (χ0v) is 34.9. The Hall–Kier alpha value is -6.75. The van der Waals surface area contributed by atoms with Crippen molar-refractivity contribution in [2.45, 2.75) is 78.2 Å². The lowest BCUT2D eigenvalue weighted by Gasteiger charge is -2.22. The third-order valence-corrected chi connectivity index (χ3v) is 11.8. The van der Waals surface area contributed by atoms with Crippen LogP contribution in [0.5, 0.6) is 23.0 Å². The molecule has 11 heteroatoms. The van der Waals surface area contributed by atoms with E-state index in [2.05, 4.69) is 6.07 Å². The van der Waals surface area contributed by atoms with Crippen LogP contribution in [0.4, 0.5) is 22.7 Å². The number of amides is 2. The highest BCUT2D eigenvalue weighted by Gasteiger charge is 2.38. The highest BCUT2D eigenvalue weighted by molar-refractivity contribution is 6.15. The topological polar surface area (TPSA) is 119 Å². The number of nitrogens with zero attached hydrogens (tertiary/aromatic N) is 4. The van der Waals surface area contributed by atoms with E-state index < -0.39 is 0 Å². The third-order valence-electron chi connectivity index (χ3n) is 11.8. The minimum atomic E-state index is -0.174. The molecule has 5 aromatic rings. The Morgan fingerprint density at radius 2 is 1.25 bits per heavy atom. The fourth-order valence-electron chi connectivity index (χ4n) is 8.57. The van der Waals surface area contributed by atoms with Crippen molar-refractivity contribution in [3.05, 3.63) is 130 Å². The van der Waals surface area contributed by atoms with Gasteiger partial charge in [-0.25, -0.2) is 0 Å². The van der Waals surface area contributed by atoms with Crippen molar-refractivity contribution >= 4 is 52.8 Å². The molecule has 2 amide bonds. The molecule has 9 rings (SSSR count). The molecular formula is C50H48N4O7. The van der Waals surface area contributed by atoms with Crippen LogP contribution in [-0.4, -0.2) is 55.8 Å². The smallest absolute Gasteiger partial charge is 0.261 e. The number of carbonyl (C=O) groups is 3. The molecule has 0 radical (unpaired) electrons. The van der Waals surface area contributed by atoms with E-state index in [0.29, 0.717) is 64.9 Å². The summed E-state index contributed by atoms with van der Waals surface area (Å²) in [6, 6.07) is 28.7. The number of methoxy groups -OCH3 is 1. The van der Waals surface area contributed by atoms with E-state index in [9.17, 15) is 14.4 Å². The molecule has 5 aromatic carbocycles. The minimum Gasteiger partial charge on any atom is -0.494 e. The van der Waals surface area contributed by atoms with Gasteiger partial charge in [-0.3, -0.25) is 34.2 Å². The fraction of sp³-hybridized carbons (Fsp3) is 0.300. The second-order valence-corrected chi connectivity index (χ2v) is 16.4. The van der Waals surface area contributed by atoms with E-state index >= 15 is 0 Å². The summed E-state index contributed by atoms with van der Waals surface area (Å²) in [4.78, 5) is 53.2. The van der Waals surface area contributed by atoms with Crippen molar-refractivity contribution in [3.63, 3.8) is 0 Å². The van der Waals surface area contributed by atoms with Crippen LogP contribution in [0.2, 0.25) is 0 Å². The van der Waals surface area contributed by atoms with Gasteiger partial charge in [-0.15, -0.1) is 0 Å². The molecule has 0 aliphatic carbocycles. The van der Waals surface area contributed by atoms with Gasteiger partial charge in [0.25, 0.3) is 11.8 Å². The molecule has 0 saturated heterocycles. The van der Waals surface area contributed by atoms with E-state index in [1.54, 1.807) is 19.2 Å². The number of rotatable bonds is 14. The maximum Gasteiger partial charge on any atom is 0.261 e. The van der Waals surface area contributed by atoms with Gasteiger partial charge in [0.05, 0.1) is 48.3 Å². The highest BCUT2D eigenvalue weighted by Crippen LogP contribution is 2.42. The van der Waals surface area contributed by atoms with Crippen LogP contribution < -0.4 is 28.7 Å². The van der Waals surface area contributed by atoms with Gasteiger partial charge < -0.3 is 18.9 Å². The summed E-state index contributed by atoms with van der Waals surface area (Å²) < 4.78 is 24.9. The van der Waals surface area contributed by atoms with E-state index in [0.717, 1.165) is 58.5 Å². The molecule has 0 spiro atoms. The van der Waals surface area contributed by atoms with Gasteiger partial charge in [-0.05, 0) is 90.0 Å². The first-order chi connectivity index (χ1) is 29.6. The lowest BCUT2D eigenvalue weighted by atomic mass is 10.0. The Morgan fingerprint density at radius 3 is 1.84 bits per heavy atom. The van der Waals surface area contributed by atoms with Gasteiger partial charge in [-0.1, -0.05) is 50.2 Å². The number of carbonyl (C=O) groups excluding carboxylic acids is 3. The Kier molecular flexibility index (Phi) is 10.9. The van der Waals surface area contributed by atoms with Gasteiger partial charge in [0, 0.05) is 61.1 Å². The summed E-state index contributed by atoms with van der Waals surface area (Å²) in [7, 11) is 1.56. The summed E-state index contributed by atoms with van der Waals surface area (Å²) in [5.74, 6) is 2.21. The molecule has 0 fully saturated rings. The molecule has 0 saturated carbocycles. The molecule has 0 unspecified atom stereocenters. The van der Waals surface area contributed by atoms with Crippen molar-refractivity contribution in [2.75, 3.05) is 23.5 Å². The number of anilines is 2. The van der Waals surface area contributed by atoms with Gasteiger partial charge in [0.2, 0.25) is 0 Å². The Bertz CT molecular complexity index is 2620. The molecule has 310 valence electrons. The molecule has 0 bridgehead atoms. The van der Waals surface area contributed by atoms with Crippen LogP contribution in [0.1, 0.15) is 81.6 Å². The number of unbranched alkanes of at least 4 members (excludes halogenated alkanes) is 1. The second kappa shape index (κ2) is 16.7. The first-order valence-corrected chi connectivity index (χ1v) is 21.0. The van der Waals surface area contributed by atoms with Crippen molar-refractivity contribution < 1.29 is 33.3 Å². The number of hydrogen-bond donors (Lipinski definition) is 0. The van der Waals surface area contributed by atoms with Crippen molar-refractivity contribution in [3.8, 4) is 23.0 Å². The molecule has 4 aliphatic rings. The molecule has 11 nitrogen and oxygen atoms in total. The maximum absolute atomic E-state index is 14.0. The van der Waals surface area contributed by atoms with Crippen LogP contribution in [0, 0.1) is 12.8 Å². The van der Waals surface area contributed by atoms with Crippen LogP contribution in [0.25, 0.3) is 0 Å². The number of ketones is 1. The minimum absolute atomic E-state index is 0.0194. The second-order valence-electron chi connectivity index (χ2n) is 16.4. The summed E-state index contributed by atoms with van der Waals surface area (Å²) in [6.07, 6.45) is 7.14. The number of hydrogen-bond acceptors (Lipinski definition) is 9. The SMILES string of the molecule is COc1cc2c(cc1OCc1cc(COc3cc4c(cc3C)C(=O)N3c5ccccc5C[C@H]3C=N4)cc(OCCCCC(=O)C(C)C)c1)N=C[C@@H]1Cc3ccccc3N1C2=O. The number of Topliss-reactive ketones (excluding diaryl/α,β-unsaturated/α-hetero) is 1. The molecule has 0 N–H and O–H groups in total. The predicted molar refractivity (Wildman–Crippen MR) is 236 cm³/mol. The van der Waals surface area contributed by atoms with Gasteiger partial charge in [-0.2, -0.15) is 0 Å². The third kappa shape index (κ3) is 7.88. The van der Waals surface area contributed by atoms with Gasteiger partial charge in [0.15, 0.2) is 11.5 Å². The molecular weight excluding hydrogens is 769 g/mol. The molecule has 4 heterocycles. The van der Waals surface area contributed by atoms with Crippen molar-refractivity contribution in [1.82, 2.24) is 0 Å². The number of para-hydroxylation sites is 2. The van der Waals surface area contributed by atoms with Gasteiger partial charge >= 0.3 is 0 Å². The zero-order valence-electron chi connectivity index (χ0n) is 34.9. The van der Waals surface area contributed by atoms with Crippen LogP contribution in [-0.2, 0) is 30.8 Å². The van der Waals surface area contributed by atoms with Crippen molar-refractivity contribution in [1.29, 1.82) is 0 Å². The molecule has 61 heavy (non-hydrogen) atoms. The van der Waals surface area contributed by atoms with Gasteiger partial charge in [0.1, 0.15) is 30.5 Å². The normalized spacial score (nSPS) is 16.9. The fourth-order valence-corrected chi connectivity index (χ4v) is 8.57. The molecule has 2 atom stereocenters. The summed E-state index contributed by atoms with van der Waals surface area (Å²) in [5, 5.41) is 0. The van der Waals surface area contributed by atoms with E-state index in [1.165, 1.54) is 0 Å². The Labute approximate surface area is 355 Å². The number of fused-ring (bicyclic) bond motifs is 8. The molecule has 0 aromatic heterocycles. The summed E-state index contributed by atoms with van der Waals surface area (Å²) in [6.45, 7) is 6.61. The quantitative estimate of drug-likeness (QED) is 0.102. The monoisotopic (exact) mass is 816 g/mol. The lowest BCUT2D eigenvalue weighted by molar-refractivity contribution is -0.122. The van der Waals surface area contributed by atoms with Crippen LogP contribution in [0.15, 0.2) is 101 Å². The van der Waals surface area contributed by atoms with E-state index in [4.69, 9.17) is 28.9 Å². The number of aryl methyl sites for hydroxylation is 1. The van der Waals surface area contributed by atoms with Crippen LogP contribution in [0.3, 0.4) is 0 Å². The number of benzene rings is 5. The Morgan fingerprint density at radius 1 is 0.689 bits per heavy atom. The maximum atomic E-state index is 14.0. The van der Waals surface area contributed by atoms with Crippen LogP contribution >= 0.6 is 0 Å². The van der Waals surface area contributed by atoms with E-state index in [1.807, 2.05) is 116 Å². The highest BCUT2D eigenvalue weighted by atomic mass is 16.5. The molecule has 4 aliphatic heterocycles. The average molecular weight is 817 g/mol. The summed E-state index contributed by atoms with van der Waals surface area (Å²) in [5.41, 5.74) is 8.65.